The molecule has 1 amide bonds. The van der Waals surface area contributed by atoms with Crippen molar-refractivity contribution in [2.24, 2.45) is 0 Å². The van der Waals surface area contributed by atoms with Crippen LogP contribution in [-0.4, -0.2) is 62.2 Å². The van der Waals surface area contributed by atoms with Crippen LogP contribution in [0.15, 0.2) is 42.9 Å². The van der Waals surface area contributed by atoms with Gasteiger partial charge < -0.3 is 14.5 Å². The summed E-state index contributed by atoms with van der Waals surface area (Å²) in [4.78, 5) is 25.6. The summed E-state index contributed by atoms with van der Waals surface area (Å²) in [6.07, 6.45) is 5.17. The second-order valence-corrected chi connectivity index (χ2v) is 7.65. The largest absolute Gasteiger partial charge is 0.365 e. The molecule has 0 radical (unpaired) electrons. The topological polar surface area (TPSA) is 99.7 Å². The van der Waals surface area contributed by atoms with Crippen LogP contribution in [0.2, 0.25) is 0 Å². The van der Waals surface area contributed by atoms with Gasteiger partial charge in [0.15, 0.2) is 5.65 Å². The molecule has 2 aliphatic heterocycles. The zero-order valence-corrected chi connectivity index (χ0v) is 16.4. The summed E-state index contributed by atoms with van der Waals surface area (Å²) in [6, 6.07) is 12.0. The van der Waals surface area contributed by atoms with Crippen LogP contribution in [0.3, 0.4) is 0 Å². The summed E-state index contributed by atoms with van der Waals surface area (Å²) in [5.74, 6) is 0.885. The lowest BCUT2D eigenvalue weighted by atomic mass is 10.1. The average molecular weight is 403 g/mol. The average Bonchev–Trinajstić information content (AvgIpc) is 3.36. The number of aromatic nitrogens is 4. The number of nitriles is 1. The van der Waals surface area contributed by atoms with Crippen molar-refractivity contribution in [3.05, 3.63) is 54.1 Å². The van der Waals surface area contributed by atoms with Crippen molar-refractivity contribution < 1.29 is 9.53 Å². The molecule has 9 heteroatoms. The van der Waals surface area contributed by atoms with Gasteiger partial charge in [0.05, 0.1) is 17.9 Å². The zero-order chi connectivity index (χ0) is 20.5. The summed E-state index contributed by atoms with van der Waals surface area (Å²) in [6.45, 7) is 1.67. The van der Waals surface area contributed by atoms with Crippen LogP contribution in [0.25, 0.3) is 5.65 Å². The van der Waals surface area contributed by atoms with Crippen LogP contribution in [0.4, 0.5) is 5.82 Å². The predicted octanol–water partition coefficient (Wildman–Crippen LogP) is 1.39. The molecule has 9 nitrogen and oxygen atoms in total. The smallest absolute Gasteiger partial charge is 0.248 e. The van der Waals surface area contributed by atoms with Gasteiger partial charge in [0.25, 0.3) is 0 Å². The second-order valence-electron chi connectivity index (χ2n) is 7.65. The van der Waals surface area contributed by atoms with Gasteiger partial charge in [-0.1, -0.05) is 6.07 Å². The summed E-state index contributed by atoms with van der Waals surface area (Å²) in [5.41, 5.74) is 2.17. The molecule has 2 fully saturated rings. The van der Waals surface area contributed by atoms with Crippen molar-refractivity contribution in [3.63, 3.8) is 0 Å². The second kappa shape index (κ2) is 7.72. The number of ether oxygens (including phenoxy) is 1. The molecule has 0 N–H and O–H groups in total. The molecule has 2 saturated heterocycles. The van der Waals surface area contributed by atoms with Gasteiger partial charge in [0.1, 0.15) is 24.8 Å². The maximum Gasteiger partial charge on any atom is 0.248 e. The number of pyridine rings is 2. The summed E-state index contributed by atoms with van der Waals surface area (Å²) < 4.78 is 7.42. The number of hydrogen-bond donors (Lipinski definition) is 0. The molecule has 152 valence electrons. The van der Waals surface area contributed by atoms with Crippen LogP contribution in [0.5, 0.6) is 0 Å². The Morgan fingerprint density at radius 3 is 2.73 bits per heavy atom. The molecule has 0 aliphatic carbocycles. The Morgan fingerprint density at radius 2 is 2.00 bits per heavy atom. The number of carbonyl (C=O) groups is 1. The normalized spacial score (nSPS) is 20.5. The molecule has 2 atom stereocenters. The van der Waals surface area contributed by atoms with Crippen LogP contribution < -0.4 is 4.90 Å². The number of nitrogens with zero attached hydrogens (tertiary/aromatic N) is 7. The van der Waals surface area contributed by atoms with Gasteiger partial charge in [-0.2, -0.15) is 10.4 Å². The van der Waals surface area contributed by atoms with E-state index in [1.165, 1.54) is 6.33 Å². The Labute approximate surface area is 173 Å². The van der Waals surface area contributed by atoms with Gasteiger partial charge in [-0.05, 0) is 37.1 Å². The fourth-order valence-corrected chi connectivity index (χ4v) is 4.43. The molecule has 2 bridgehead atoms. The first kappa shape index (κ1) is 18.5. The molecule has 2 unspecified atom stereocenters. The number of hydrogen-bond acceptors (Lipinski definition) is 7. The van der Waals surface area contributed by atoms with Gasteiger partial charge >= 0.3 is 0 Å². The highest BCUT2D eigenvalue weighted by atomic mass is 16.5. The van der Waals surface area contributed by atoms with E-state index in [2.05, 4.69) is 26.0 Å². The quantitative estimate of drug-likeness (QED) is 0.635. The van der Waals surface area contributed by atoms with E-state index in [9.17, 15) is 4.79 Å². The molecule has 0 saturated carbocycles. The first-order chi connectivity index (χ1) is 14.7. The summed E-state index contributed by atoms with van der Waals surface area (Å²) in [7, 11) is 0. The lowest BCUT2D eigenvalue weighted by Gasteiger charge is -2.41. The minimum atomic E-state index is 0.00472. The van der Waals surface area contributed by atoms with Gasteiger partial charge in [-0.3, -0.25) is 4.79 Å². The van der Waals surface area contributed by atoms with Gasteiger partial charge in [0.2, 0.25) is 5.91 Å². The van der Waals surface area contributed by atoms with Crippen molar-refractivity contribution in [3.8, 4) is 6.07 Å². The number of fused-ring (bicyclic) bond motifs is 3. The summed E-state index contributed by atoms with van der Waals surface area (Å²) >= 11 is 0. The van der Waals surface area contributed by atoms with Gasteiger partial charge in [-0.15, -0.1) is 0 Å². The van der Waals surface area contributed by atoms with E-state index in [4.69, 9.17) is 10.00 Å². The van der Waals surface area contributed by atoms with Crippen LogP contribution in [0.1, 0.15) is 24.1 Å². The number of piperazine rings is 1. The highest BCUT2D eigenvalue weighted by Gasteiger charge is 2.41. The lowest BCUT2D eigenvalue weighted by Crippen LogP contribution is -2.56. The molecule has 0 spiro atoms. The van der Waals surface area contributed by atoms with Gasteiger partial charge in [-0.25, -0.2) is 14.5 Å². The third kappa shape index (κ3) is 3.35. The van der Waals surface area contributed by atoms with E-state index >= 15 is 0 Å². The first-order valence-electron chi connectivity index (χ1n) is 10.0. The third-order valence-electron chi connectivity index (χ3n) is 5.83. The van der Waals surface area contributed by atoms with Crippen LogP contribution in [0, 0.1) is 11.3 Å². The fourth-order valence-electron chi connectivity index (χ4n) is 4.43. The predicted molar refractivity (Wildman–Crippen MR) is 107 cm³/mol. The third-order valence-corrected chi connectivity index (χ3v) is 5.83. The van der Waals surface area contributed by atoms with E-state index in [-0.39, 0.29) is 24.6 Å². The monoisotopic (exact) mass is 403 g/mol. The van der Waals surface area contributed by atoms with E-state index < -0.39 is 0 Å². The van der Waals surface area contributed by atoms with Crippen LogP contribution >= 0.6 is 0 Å². The van der Waals surface area contributed by atoms with Gasteiger partial charge in [0, 0.05) is 31.4 Å². The Balaban J connectivity index is 1.19. The number of rotatable bonds is 5. The Hall–Kier alpha value is -3.51. The highest BCUT2D eigenvalue weighted by molar-refractivity contribution is 5.78. The van der Waals surface area contributed by atoms with E-state index in [1.54, 1.807) is 16.8 Å². The van der Waals surface area contributed by atoms with E-state index in [0.717, 1.165) is 30.0 Å². The molecular weight excluding hydrogens is 382 g/mol. The van der Waals surface area contributed by atoms with Crippen molar-refractivity contribution in [1.82, 2.24) is 24.5 Å². The minimum absolute atomic E-state index is 0.00472. The molecule has 2 aliphatic rings. The minimum Gasteiger partial charge on any atom is -0.365 e. The number of anilines is 1. The highest BCUT2D eigenvalue weighted by Crippen LogP contribution is 2.33. The Kier molecular flexibility index (Phi) is 4.77. The van der Waals surface area contributed by atoms with E-state index in [1.807, 2.05) is 29.2 Å². The first-order valence-corrected chi connectivity index (χ1v) is 10.0. The van der Waals surface area contributed by atoms with Crippen molar-refractivity contribution in [2.45, 2.75) is 31.5 Å². The van der Waals surface area contributed by atoms with E-state index in [0.29, 0.717) is 25.3 Å². The van der Waals surface area contributed by atoms with Crippen molar-refractivity contribution in [2.75, 3.05) is 24.6 Å². The Bertz CT molecular complexity index is 1090. The maximum absolute atomic E-state index is 12.7. The SMILES string of the molecule is N#Cc1ccc(N2C3CCC2CN(C(=O)COCc2cccc4ncnn24)C3)nc1. The zero-order valence-electron chi connectivity index (χ0n) is 16.4. The summed E-state index contributed by atoms with van der Waals surface area (Å²) in [5, 5.41) is 13.2. The molecule has 30 heavy (non-hydrogen) atoms. The number of amides is 1. The number of carbonyl (C=O) groups excluding carboxylic acids is 1. The molecule has 3 aromatic rings. The molecule has 3 aromatic heterocycles. The number of likely N-dealkylation sites (tertiary alicyclic amines) is 1. The fraction of sp³-hybridized carbons (Fsp3) is 0.381. The Morgan fingerprint density at radius 1 is 1.17 bits per heavy atom. The van der Waals surface area contributed by atoms with Crippen molar-refractivity contribution >= 4 is 17.4 Å². The van der Waals surface area contributed by atoms with Crippen molar-refractivity contribution in [1.29, 1.82) is 5.26 Å². The molecule has 5 heterocycles. The van der Waals surface area contributed by atoms with Crippen LogP contribution in [-0.2, 0) is 16.1 Å². The lowest BCUT2D eigenvalue weighted by molar-refractivity contribution is -0.137. The molecule has 5 rings (SSSR count). The molecule has 0 aromatic carbocycles. The maximum atomic E-state index is 12.7. The standard InChI is InChI=1S/C21H21N7O2/c22-8-15-4-7-19(23-9-15)27-16-5-6-17(27)11-26(10-16)21(29)13-30-12-18-2-1-3-20-24-14-25-28(18)20/h1-4,7,9,14,16-17H,5-6,10-13H2. The molecular formula is C21H21N7O2.